The third kappa shape index (κ3) is 2.66. The van der Waals surface area contributed by atoms with Crippen molar-refractivity contribution in [2.75, 3.05) is 11.4 Å². The summed E-state index contributed by atoms with van der Waals surface area (Å²) in [4.78, 5) is 6.84. The Hall–Kier alpha value is -3.22. The number of aromatic nitrogens is 4. The normalized spacial score (nSPS) is 17.1. The van der Waals surface area contributed by atoms with E-state index >= 15 is 0 Å². The molecule has 0 bridgehead atoms. The van der Waals surface area contributed by atoms with Gasteiger partial charge in [-0.25, -0.2) is 18.3 Å². The van der Waals surface area contributed by atoms with Crippen molar-refractivity contribution in [1.82, 2.24) is 19.2 Å². The summed E-state index contributed by atoms with van der Waals surface area (Å²) in [5, 5.41) is 4.35. The highest BCUT2D eigenvalue weighted by Crippen LogP contribution is 2.37. The van der Waals surface area contributed by atoms with Crippen LogP contribution in [0.5, 0.6) is 0 Å². The number of halogens is 2. The molecule has 1 atom stereocenters. The Balaban J connectivity index is 1.58. The first-order chi connectivity index (χ1) is 13.2. The maximum atomic E-state index is 14.3. The Bertz CT molecular complexity index is 1100. The van der Waals surface area contributed by atoms with Crippen molar-refractivity contribution < 1.29 is 8.78 Å². The second kappa shape index (κ2) is 6.19. The number of nitrogens with zero attached hydrogens (tertiary/aromatic N) is 5. The Morgan fingerprint density at radius 3 is 2.74 bits per heavy atom. The van der Waals surface area contributed by atoms with E-state index in [0.717, 1.165) is 37.0 Å². The number of rotatable bonds is 3. The average Bonchev–Trinajstić information content (AvgIpc) is 3.42. The van der Waals surface area contributed by atoms with Gasteiger partial charge < -0.3 is 9.47 Å². The minimum Gasteiger partial charge on any atom is -0.349 e. The first kappa shape index (κ1) is 16.0. The van der Waals surface area contributed by atoms with Crippen LogP contribution < -0.4 is 4.90 Å². The molecule has 4 heterocycles. The summed E-state index contributed by atoms with van der Waals surface area (Å²) in [6.07, 6.45) is 9.15. The van der Waals surface area contributed by atoms with Gasteiger partial charge in [0.05, 0.1) is 12.2 Å². The van der Waals surface area contributed by atoms with Gasteiger partial charge in [0.25, 0.3) is 0 Å². The standard InChI is InChI=1S/C20H17F2N5/c21-14-5-6-16(22)15(12-14)17-4-3-10-26(17)19-7-11-27-20(24-19)18(13-23-27)25-8-1-2-9-25/h1-2,5-9,11-13,17H,3-4,10H2. The molecule has 136 valence electrons. The van der Waals surface area contributed by atoms with E-state index < -0.39 is 5.82 Å². The van der Waals surface area contributed by atoms with Crippen LogP contribution in [0.25, 0.3) is 11.3 Å². The molecule has 0 radical (unpaired) electrons. The SMILES string of the molecule is Fc1ccc(F)c(C2CCCN2c2ccn3ncc(-n4cccc4)c3n2)c1. The van der Waals surface area contributed by atoms with Gasteiger partial charge in [-0.15, -0.1) is 0 Å². The molecule has 1 saturated heterocycles. The highest BCUT2D eigenvalue weighted by molar-refractivity contribution is 5.61. The lowest BCUT2D eigenvalue weighted by Crippen LogP contribution is -2.24. The van der Waals surface area contributed by atoms with Gasteiger partial charge in [0, 0.05) is 30.7 Å². The van der Waals surface area contributed by atoms with Crippen molar-refractivity contribution in [3.63, 3.8) is 0 Å². The zero-order chi connectivity index (χ0) is 18.4. The molecule has 0 saturated carbocycles. The minimum atomic E-state index is -0.424. The van der Waals surface area contributed by atoms with Gasteiger partial charge in [-0.1, -0.05) is 0 Å². The van der Waals surface area contributed by atoms with Crippen molar-refractivity contribution >= 4 is 11.5 Å². The zero-order valence-electron chi connectivity index (χ0n) is 14.5. The fraction of sp³-hybridized carbons (Fsp3) is 0.200. The second-order valence-corrected chi connectivity index (χ2v) is 6.69. The lowest BCUT2D eigenvalue weighted by Gasteiger charge is -2.26. The van der Waals surface area contributed by atoms with Crippen molar-refractivity contribution in [3.05, 3.63) is 78.4 Å². The zero-order valence-corrected chi connectivity index (χ0v) is 14.5. The fourth-order valence-electron chi connectivity index (χ4n) is 3.82. The Labute approximate surface area is 154 Å². The van der Waals surface area contributed by atoms with Gasteiger partial charge in [0.15, 0.2) is 5.65 Å². The summed E-state index contributed by atoms with van der Waals surface area (Å²) < 4.78 is 31.7. The van der Waals surface area contributed by atoms with Crippen molar-refractivity contribution in [2.45, 2.75) is 18.9 Å². The largest absolute Gasteiger partial charge is 0.349 e. The predicted molar refractivity (Wildman–Crippen MR) is 98.0 cm³/mol. The molecule has 0 aliphatic carbocycles. The second-order valence-electron chi connectivity index (χ2n) is 6.69. The summed E-state index contributed by atoms with van der Waals surface area (Å²) in [5.41, 5.74) is 1.97. The van der Waals surface area contributed by atoms with Gasteiger partial charge in [-0.2, -0.15) is 5.10 Å². The van der Waals surface area contributed by atoms with Crippen LogP contribution in [-0.4, -0.2) is 25.7 Å². The molecule has 1 aliphatic rings. The molecule has 5 nitrogen and oxygen atoms in total. The van der Waals surface area contributed by atoms with Crippen LogP contribution in [-0.2, 0) is 0 Å². The average molecular weight is 365 g/mol. The summed E-state index contributed by atoms with van der Waals surface area (Å²) in [7, 11) is 0. The first-order valence-corrected chi connectivity index (χ1v) is 8.90. The van der Waals surface area contributed by atoms with Crippen LogP contribution in [0.2, 0.25) is 0 Å². The van der Waals surface area contributed by atoms with Crippen molar-refractivity contribution in [1.29, 1.82) is 0 Å². The van der Waals surface area contributed by atoms with Crippen LogP contribution in [0, 0.1) is 11.6 Å². The number of hydrogen-bond donors (Lipinski definition) is 0. The Kier molecular flexibility index (Phi) is 3.67. The number of benzene rings is 1. The molecule has 0 N–H and O–H groups in total. The van der Waals surface area contributed by atoms with E-state index in [1.165, 1.54) is 12.1 Å². The van der Waals surface area contributed by atoms with Gasteiger partial charge in [0.2, 0.25) is 0 Å². The number of fused-ring (bicyclic) bond motifs is 1. The predicted octanol–water partition coefficient (Wildman–Crippen LogP) is 4.14. The molecule has 27 heavy (non-hydrogen) atoms. The third-order valence-corrected chi connectivity index (χ3v) is 5.08. The maximum absolute atomic E-state index is 14.3. The molecule has 1 unspecified atom stereocenters. The topological polar surface area (TPSA) is 38.4 Å². The van der Waals surface area contributed by atoms with E-state index in [4.69, 9.17) is 4.98 Å². The maximum Gasteiger partial charge on any atom is 0.181 e. The van der Waals surface area contributed by atoms with Gasteiger partial charge >= 0.3 is 0 Å². The molecular weight excluding hydrogens is 348 g/mol. The lowest BCUT2D eigenvalue weighted by atomic mass is 10.0. The minimum absolute atomic E-state index is 0.228. The van der Waals surface area contributed by atoms with E-state index in [9.17, 15) is 8.78 Å². The molecular formula is C20H17F2N5. The molecule has 0 spiro atoms. The molecule has 1 aromatic carbocycles. The summed E-state index contributed by atoms with van der Waals surface area (Å²) in [6.45, 7) is 0.747. The van der Waals surface area contributed by atoms with Crippen LogP contribution in [0.15, 0.2) is 61.2 Å². The summed E-state index contributed by atoms with van der Waals surface area (Å²) in [5.74, 6) is -0.0679. The summed E-state index contributed by atoms with van der Waals surface area (Å²) >= 11 is 0. The monoisotopic (exact) mass is 365 g/mol. The first-order valence-electron chi connectivity index (χ1n) is 8.90. The van der Waals surface area contributed by atoms with Crippen molar-refractivity contribution in [3.8, 4) is 5.69 Å². The number of hydrogen-bond acceptors (Lipinski definition) is 3. The summed E-state index contributed by atoms with van der Waals surface area (Å²) in [6, 6.07) is 9.16. The van der Waals surface area contributed by atoms with Crippen LogP contribution in [0.3, 0.4) is 0 Å². The van der Waals surface area contributed by atoms with E-state index in [1.807, 2.05) is 46.3 Å². The van der Waals surface area contributed by atoms with Crippen LogP contribution in [0.4, 0.5) is 14.6 Å². The molecule has 0 amide bonds. The van der Waals surface area contributed by atoms with Gasteiger partial charge in [0.1, 0.15) is 23.1 Å². The Morgan fingerprint density at radius 2 is 1.89 bits per heavy atom. The number of anilines is 1. The lowest BCUT2D eigenvalue weighted by molar-refractivity contribution is 0.560. The van der Waals surface area contributed by atoms with Gasteiger partial charge in [-0.3, -0.25) is 0 Å². The van der Waals surface area contributed by atoms with Crippen LogP contribution in [0.1, 0.15) is 24.4 Å². The highest BCUT2D eigenvalue weighted by atomic mass is 19.1. The molecule has 1 aliphatic heterocycles. The Morgan fingerprint density at radius 1 is 1.04 bits per heavy atom. The highest BCUT2D eigenvalue weighted by Gasteiger charge is 2.30. The third-order valence-electron chi connectivity index (χ3n) is 5.08. The van der Waals surface area contributed by atoms with E-state index in [0.29, 0.717) is 11.2 Å². The van der Waals surface area contributed by atoms with Crippen molar-refractivity contribution in [2.24, 2.45) is 0 Å². The molecule has 7 heteroatoms. The molecule has 4 aromatic rings. The fourth-order valence-corrected chi connectivity index (χ4v) is 3.82. The van der Waals surface area contributed by atoms with Crippen LogP contribution >= 0.6 is 0 Å². The quantitative estimate of drug-likeness (QED) is 0.548. The van der Waals surface area contributed by atoms with E-state index in [2.05, 4.69) is 5.10 Å². The van der Waals surface area contributed by atoms with E-state index in [-0.39, 0.29) is 11.9 Å². The molecule has 3 aromatic heterocycles. The smallest absolute Gasteiger partial charge is 0.181 e. The molecule has 5 rings (SSSR count). The van der Waals surface area contributed by atoms with Gasteiger partial charge in [-0.05, 0) is 49.2 Å². The molecule has 1 fully saturated rings. The van der Waals surface area contributed by atoms with E-state index in [1.54, 1.807) is 10.7 Å².